The number of hydrogen-bond donors (Lipinski definition) is 1. The Balaban J connectivity index is 2.11. The zero-order valence-corrected chi connectivity index (χ0v) is 11.8. The number of ether oxygens (including phenoxy) is 1. The summed E-state index contributed by atoms with van der Waals surface area (Å²) < 4.78 is 18.1. The van der Waals surface area contributed by atoms with Gasteiger partial charge in [0.2, 0.25) is 5.95 Å². The summed E-state index contributed by atoms with van der Waals surface area (Å²) in [6.07, 6.45) is 4.84. The number of aromatic amines is 1. The molecule has 22 heavy (non-hydrogen) atoms. The molecule has 0 saturated carbocycles. The number of pyridine rings is 1. The number of hydrogen-bond acceptors (Lipinski definition) is 3. The molecule has 0 atom stereocenters. The Morgan fingerprint density at radius 2 is 2.23 bits per heavy atom. The highest BCUT2D eigenvalue weighted by Gasteiger charge is 2.10. The summed E-state index contributed by atoms with van der Waals surface area (Å²) in [5, 5.41) is 10.3. The Morgan fingerprint density at radius 3 is 2.91 bits per heavy atom. The van der Waals surface area contributed by atoms with Crippen LogP contribution in [0.1, 0.15) is 11.1 Å². The average Bonchev–Trinajstić information content (AvgIpc) is 2.97. The molecule has 1 N–H and O–H groups in total. The van der Waals surface area contributed by atoms with Gasteiger partial charge in [-0.05, 0) is 42.0 Å². The normalized spacial score (nSPS) is 11.4. The van der Waals surface area contributed by atoms with Crippen molar-refractivity contribution in [2.45, 2.75) is 0 Å². The topological polar surface area (TPSA) is 61.7 Å². The van der Waals surface area contributed by atoms with Gasteiger partial charge in [0.1, 0.15) is 5.75 Å². The van der Waals surface area contributed by atoms with Gasteiger partial charge in [0.05, 0.1) is 18.8 Å². The maximum Gasteiger partial charge on any atom is 0.212 e. The Kier molecular flexibility index (Phi) is 3.58. The minimum absolute atomic E-state index is 0.466. The molecule has 0 saturated heterocycles. The molecule has 1 aromatic carbocycles. The Morgan fingerprint density at radius 1 is 1.36 bits per heavy atom. The van der Waals surface area contributed by atoms with Crippen LogP contribution in [0.2, 0.25) is 0 Å². The molecule has 0 amide bonds. The number of aromatic nitrogens is 2. The van der Waals surface area contributed by atoms with Gasteiger partial charge in [-0.1, -0.05) is 0 Å². The van der Waals surface area contributed by atoms with E-state index >= 15 is 0 Å². The fourth-order valence-electron chi connectivity index (χ4n) is 2.26. The fourth-order valence-corrected chi connectivity index (χ4v) is 2.26. The third kappa shape index (κ3) is 2.54. The predicted octanol–water partition coefficient (Wildman–Crippen LogP) is 3.77. The van der Waals surface area contributed by atoms with Crippen LogP contribution < -0.4 is 4.74 Å². The Hall–Kier alpha value is -3.13. The molecule has 0 fully saturated rings. The molecule has 3 aromatic rings. The van der Waals surface area contributed by atoms with Crippen molar-refractivity contribution in [3.05, 3.63) is 59.8 Å². The van der Waals surface area contributed by atoms with E-state index in [9.17, 15) is 9.65 Å². The van der Waals surface area contributed by atoms with Gasteiger partial charge < -0.3 is 9.72 Å². The van der Waals surface area contributed by atoms with E-state index in [1.807, 2.05) is 18.2 Å². The monoisotopic (exact) mass is 293 g/mol. The fraction of sp³-hybridized carbons (Fsp3) is 0.0588. The lowest BCUT2D eigenvalue weighted by molar-refractivity contribution is 0.415. The molecular formula is C17H12FN3O. The first kappa shape index (κ1) is 13.8. The number of benzene rings is 1. The van der Waals surface area contributed by atoms with Gasteiger partial charge in [-0.25, -0.2) is 4.98 Å². The van der Waals surface area contributed by atoms with E-state index in [-0.39, 0.29) is 0 Å². The van der Waals surface area contributed by atoms with Crippen molar-refractivity contribution in [2.24, 2.45) is 0 Å². The third-order valence-electron chi connectivity index (χ3n) is 3.36. The number of nitrogens with one attached hydrogen (secondary N) is 1. The first-order valence-corrected chi connectivity index (χ1v) is 6.60. The van der Waals surface area contributed by atoms with E-state index in [0.29, 0.717) is 16.9 Å². The van der Waals surface area contributed by atoms with Crippen molar-refractivity contribution in [3.63, 3.8) is 0 Å². The lowest BCUT2D eigenvalue weighted by atomic mass is 10.0. The lowest BCUT2D eigenvalue weighted by Gasteiger charge is -2.01. The van der Waals surface area contributed by atoms with Crippen LogP contribution in [0.5, 0.6) is 5.75 Å². The molecule has 0 unspecified atom stereocenters. The average molecular weight is 293 g/mol. The van der Waals surface area contributed by atoms with Crippen molar-refractivity contribution in [1.29, 1.82) is 5.26 Å². The minimum atomic E-state index is -0.549. The van der Waals surface area contributed by atoms with E-state index in [4.69, 9.17) is 4.74 Å². The highest BCUT2D eigenvalue weighted by Crippen LogP contribution is 2.29. The van der Waals surface area contributed by atoms with Crippen molar-refractivity contribution in [2.75, 3.05) is 7.11 Å². The molecule has 5 heteroatoms. The van der Waals surface area contributed by atoms with Crippen LogP contribution in [-0.2, 0) is 0 Å². The van der Waals surface area contributed by atoms with Crippen LogP contribution in [-0.4, -0.2) is 17.1 Å². The van der Waals surface area contributed by atoms with Crippen LogP contribution in [0.25, 0.3) is 22.6 Å². The molecular weight excluding hydrogens is 281 g/mol. The van der Waals surface area contributed by atoms with Crippen LogP contribution in [0.15, 0.2) is 42.7 Å². The number of halogens is 1. The number of nitrogens with zero attached hydrogens (tertiary/aromatic N) is 2. The second-order valence-corrected chi connectivity index (χ2v) is 4.70. The van der Waals surface area contributed by atoms with Crippen LogP contribution in [0.4, 0.5) is 4.39 Å². The van der Waals surface area contributed by atoms with Gasteiger partial charge in [-0.2, -0.15) is 9.65 Å². The number of allylic oxidation sites excluding steroid dienone is 1. The second kappa shape index (κ2) is 5.70. The lowest BCUT2D eigenvalue weighted by Crippen LogP contribution is -1.85. The first-order chi connectivity index (χ1) is 10.7. The van der Waals surface area contributed by atoms with Gasteiger partial charge >= 0.3 is 0 Å². The van der Waals surface area contributed by atoms with E-state index in [0.717, 1.165) is 16.5 Å². The summed E-state index contributed by atoms with van der Waals surface area (Å²) >= 11 is 0. The molecule has 0 aliphatic carbocycles. The van der Waals surface area contributed by atoms with Crippen LogP contribution in [0, 0.1) is 17.3 Å². The van der Waals surface area contributed by atoms with Gasteiger partial charge in [-0.3, -0.25) is 0 Å². The van der Waals surface area contributed by atoms with Crippen molar-refractivity contribution < 1.29 is 9.13 Å². The molecule has 0 aliphatic rings. The zero-order valence-electron chi connectivity index (χ0n) is 11.8. The van der Waals surface area contributed by atoms with E-state index in [1.165, 1.54) is 12.3 Å². The van der Waals surface area contributed by atoms with Gasteiger partial charge in [0.15, 0.2) is 0 Å². The highest BCUT2D eigenvalue weighted by atomic mass is 19.1. The maximum absolute atomic E-state index is 12.9. The van der Waals surface area contributed by atoms with Gasteiger partial charge in [0.25, 0.3) is 0 Å². The maximum atomic E-state index is 12.9. The van der Waals surface area contributed by atoms with Gasteiger partial charge in [0, 0.05) is 28.9 Å². The molecule has 0 aliphatic heterocycles. The molecule has 108 valence electrons. The zero-order chi connectivity index (χ0) is 15.5. The van der Waals surface area contributed by atoms with E-state index in [2.05, 4.69) is 16.0 Å². The molecule has 4 nitrogen and oxygen atoms in total. The molecule has 0 bridgehead atoms. The second-order valence-electron chi connectivity index (χ2n) is 4.70. The standard InChI is InChI=1S/C17H12FN3O/c1-22-13-3-4-16-14(7-13)15(10-20-16)12(8-19)6-11-2-5-17(18)21-9-11/h2-7,9-10,20H,1H3/b12-6+. The number of fused-ring (bicyclic) bond motifs is 1. The number of H-pyrrole nitrogens is 1. The molecule has 2 heterocycles. The largest absolute Gasteiger partial charge is 0.497 e. The third-order valence-corrected chi connectivity index (χ3v) is 3.36. The first-order valence-electron chi connectivity index (χ1n) is 6.60. The quantitative estimate of drug-likeness (QED) is 0.590. The summed E-state index contributed by atoms with van der Waals surface area (Å²) in [7, 11) is 1.60. The molecule has 0 spiro atoms. The highest BCUT2D eigenvalue weighted by molar-refractivity contribution is 6.01. The summed E-state index contributed by atoms with van der Waals surface area (Å²) in [5.74, 6) is 0.168. The van der Waals surface area contributed by atoms with E-state index < -0.39 is 5.95 Å². The Labute approximate surface area is 126 Å². The summed E-state index contributed by atoms with van der Waals surface area (Å²) in [5.41, 5.74) is 2.80. The summed E-state index contributed by atoms with van der Waals surface area (Å²) in [6.45, 7) is 0. The molecule has 2 aromatic heterocycles. The van der Waals surface area contributed by atoms with Crippen molar-refractivity contribution in [3.8, 4) is 11.8 Å². The van der Waals surface area contributed by atoms with Crippen LogP contribution in [0.3, 0.4) is 0 Å². The predicted molar refractivity (Wildman–Crippen MR) is 82.5 cm³/mol. The minimum Gasteiger partial charge on any atom is -0.497 e. The molecule has 0 radical (unpaired) electrons. The number of nitriles is 1. The van der Waals surface area contributed by atoms with Crippen molar-refractivity contribution in [1.82, 2.24) is 9.97 Å². The van der Waals surface area contributed by atoms with Crippen molar-refractivity contribution >= 4 is 22.6 Å². The Bertz CT molecular complexity index is 888. The number of rotatable bonds is 3. The van der Waals surface area contributed by atoms with E-state index in [1.54, 1.807) is 25.4 Å². The van der Waals surface area contributed by atoms with Gasteiger partial charge in [-0.15, -0.1) is 0 Å². The summed E-state index contributed by atoms with van der Waals surface area (Å²) in [4.78, 5) is 6.72. The molecule has 3 rings (SSSR count). The van der Waals surface area contributed by atoms with Crippen LogP contribution >= 0.6 is 0 Å². The number of methoxy groups -OCH3 is 1. The smallest absolute Gasteiger partial charge is 0.212 e. The SMILES string of the molecule is COc1ccc2[nH]cc(/C(C#N)=C/c3ccc(F)nc3)c2c1. The summed E-state index contributed by atoms with van der Waals surface area (Å²) in [6, 6.07) is 10.6.